The number of rotatable bonds is 5. The normalized spacial score (nSPS) is 30.6. The summed E-state index contributed by atoms with van der Waals surface area (Å²) < 4.78 is 0. The van der Waals surface area contributed by atoms with E-state index in [1.807, 2.05) is 0 Å². The van der Waals surface area contributed by atoms with Crippen LogP contribution < -0.4 is 0 Å². The largest absolute Gasteiger partial charge is 0.0654 e. The first kappa shape index (κ1) is 8.10. The summed E-state index contributed by atoms with van der Waals surface area (Å²) in [7, 11) is 0. The number of hydrogen-bond donors (Lipinski definition) is 0. The topological polar surface area (TPSA) is 0 Å². The fourth-order valence-corrected chi connectivity index (χ4v) is 1.50. The third-order valence-electron chi connectivity index (χ3n) is 2.50. The van der Waals surface area contributed by atoms with Crippen molar-refractivity contribution >= 4 is 0 Å². The Hall–Kier alpha value is 0. The molecular formula is C10H19. The van der Waals surface area contributed by atoms with Crippen LogP contribution >= 0.6 is 0 Å². The molecule has 0 spiro atoms. The van der Waals surface area contributed by atoms with Crippen molar-refractivity contribution in [3.8, 4) is 0 Å². The van der Waals surface area contributed by atoms with Gasteiger partial charge in [0.1, 0.15) is 0 Å². The summed E-state index contributed by atoms with van der Waals surface area (Å²) in [6.07, 6.45) is 8.54. The minimum atomic E-state index is 0.821. The van der Waals surface area contributed by atoms with E-state index in [0.717, 1.165) is 11.8 Å². The van der Waals surface area contributed by atoms with Crippen LogP contribution in [0.1, 0.15) is 45.4 Å². The molecule has 0 aliphatic heterocycles. The molecule has 0 aromatic carbocycles. The second-order valence-electron chi connectivity index (χ2n) is 3.61. The van der Waals surface area contributed by atoms with Gasteiger partial charge in [-0.2, -0.15) is 0 Å². The lowest BCUT2D eigenvalue weighted by molar-refractivity contribution is 0.585. The molecule has 2 unspecified atom stereocenters. The summed E-state index contributed by atoms with van der Waals surface area (Å²) in [5, 5.41) is 0. The highest BCUT2D eigenvalue weighted by atomic mass is 14.4. The van der Waals surface area contributed by atoms with Gasteiger partial charge in [-0.25, -0.2) is 0 Å². The highest BCUT2D eigenvalue weighted by Gasteiger charge is 2.31. The van der Waals surface area contributed by atoms with Crippen molar-refractivity contribution in [1.82, 2.24) is 0 Å². The van der Waals surface area contributed by atoms with Crippen molar-refractivity contribution in [3.05, 3.63) is 6.92 Å². The van der Waals surface area contributed by atoms with Crippen LogP contribution in [0.25, 0.3) is 0 Å². The van der Waals surface area contributed by atoms with Gasteiger partial charge in [0.15, 0.2) is 0 Å². The number of unbranched alkanes of at least 4 members (excludes halogenated alkanes) is 3. The van der Waals surface area contributed by atoms with Gasteiger partial charge in [0.25, 0.3) is 0 Å². The smallest absolute Gasteiger partial charge is 0.0383 e. The molecular weight excluding hydrogens is 120 g/mol. The molecule has 1 radical (unpaired) electrons. The minimum Gasteiger partial charge on any atom is -0.0654 e. The van der Waals surface area contributed by atoms with Crippen LogP contribution in [0.15, 0.2) is 0 Å². The van der Waals surface area contributed by atoms with Crippen molar-refractivity contribution in [2.24, 2.45) is 11.8 Å². The fourth-order valence-electron chi connectivity index (χ4n) is 1.50. The van der Waals surface area contributed by atoms with Gasteiger partial charge in [-0.15, -0.1) is 0 Å². The summed E-state index contributed by atoms with van der Waals surface area (Å²) in [6, 6.07) is 0. The molecule has 0 heteroatoms. The molecule has 0 amide bonds. The monoisotopic (exact) mass is 139 g/mol. The number of hydrogen-bond acceptors (Lipinski definition) is 0. The first-order valence-electron chi connectivity index (χ1n) is 4.67. The molecule has 1 aliphatic rings. The second-order valence-corrected chi connectivity index (χ2v) is 3.61. The molecule has 10 heavy (non-hydrogen) atoms. The zero-order chi connectivity index (χ0) is 7.40. The summed E-state index contributed by atoms with van der Waals surface area (Å²) in [6.45, 7) is 6.30. The van der Waals surface area contributed by atoms with E-state index >= 15 is 0 Å². The lowest BCUT2D eigenvalue weighted by Gasteiger charge is -1.96. The van der Waals surface area contributed by atoms with Crippen LogP contribution in [0.2, 0.25) is 0 Å². The van der Waals surface area contributed by atoms with Crippen molar-refractivity contribution in [3.63, 3.8) is 0 Å². The minimum absolute atomic E-state index is 0.821. The molecule has 0 saturated heterocycles. The molecule has 59 valence electrons. The molecule has 0 aromatic rings. The van der Waals surface area contributed by atoms with E-state index in [4.69, 9.17) is 0 Å². The van der Waals surface area contributed by atoms with Gasteiger partial charge >= 0.3 is 0 Å². The Kier molecular flexibility index (Phi) is 3.24. The van der Waals surface area contributed by atoms with Crippen LogP contribution in [-0.2, 0) is 0 Å². The molecule has 1 aliphatic carbocycles. The summed E-state index contributed by atoms with van der Waals surface area (Å²) in [5.74, 6) is 1.83. The molecule has 0 aromatic heterocycles. The predicted octanol–water partition coefficient (Wildman–Crippen LogP) is 3.43. The van der Waals surface area contributed by atoms with E-state index in [0.29, 0.717) is 0 Å². The second kappa shape index (κ2) is 4.00. The summed E-state index contributed by atoms with van der Waals surface area (Å²) in [5.41, 5.74) is 0. The molecule has 1 saturated carbocycles. The Labute approximate surface area is 65.0 Å². The fraction of sp³-hybridized carbons (Fsp3) is 0.900. The Bertz CT molecular complexity index is 86.0. The molecule has 0 nitrogen and oxygen atoms in total. The first-order valence-corrected chi connectivity index (χ1v) is 4.67. The van der Waals surface area contributed by atoms with Crippen LogP contribution in [0.4, 0.5) is 0 Å². The van der Waals surface area contributed by atoms with Gasteiger partial charge in [0.2, 0.25) is 0 Å². The van der Waals surface area contributed by atoms with E-state index < -0.39 is 0 Å². The molecule has 2 atom stereocenters. The average Bonchev–Trinajstić information content (AvgIpc) is 2.60. The van der Waals surface area contributed by atoms with Gasteiger partial charge < -0.3 is 0 Å². The van der Waals surface area contributed by atoms with Gasteiger partial charge in [0, 0.05) is 0 Å². The summed E-state index contributed by atoms with van der Waals surface area (Å²) in [4.78, 5) is 0. The van der Waals surface area contributed by atoms with E-state index in [2.05, 4.69) is 13.8 Å². The lowest BCUT2D eigenvalue weighted by atomic mass is 10.1. The van der Waals surface area contributed by atoms with Crippen molar-refractivity contribution in [2.75, 3.05) is 0 Å². The quantitative estimate of drug-likeness (QED) is 0.512. The average molecular weight is 139 g/mol. The van der Waals surface area contributed by atoms with Crippen molar-refractivity contribution < 1.29 is 0 Å². The van der Waals surface area contributed by atoms with Crippen LogP contribution in [0, 0.1) is 18.8 Å². The highest BCUT2D eigenvalue weighted by molar-refractivity contribution is 4.87. The Balaban J connectivity index is 1.78. The zero-order valence-corrected chi connectivity index (χ0v) is 7.10. The molecule has 0 bridgehead atoms. The van der Waals surface area contributed by atoms with E-state index in [-0.39, 0.29) is 0 Å². The lowest BCUT2D eigenvalue weighted by Crippen LogP contribution is -1.80. The van der Waals surface area contributed by atoms with Crippen LogP contribution in [0.3, 0.4) is 0 Å². The third kappa shape index (κ3) is 2.72. The Morgan fingerprint density at radius 3 is 2.50 bits per heavy atom. The maximum Gasteiger partial charge on any atom is -0.0383 e. The molecule has 0 N–H and O–H groups in total. The van der Waals surface area contributed by atoms with Crippen molar-refractivity contribution in [1.29, 1.82) is 0 Å². The van der Waals surface area contributed by atoms with Crippen molar-refractivity contribution in [2.45, 2.75) is 45.4 Å². The van der Waals surface area contributed by atoms with E-state index in [1.54, 1.807) is 0 Å². The Morgan fingerprint density at radius 1 is 1.30 bits per heavy atom. The van der Waals surface area contributed by atoms with Gasteiger partial charge in [-0.1, -0.05) is 39.0 Å². The van der Waals surface area contributed by atoms with Gasteiger partial charge in [-0.05, 0) is 25.2 Å². The summed E-state index contributed by atoms with van der Waals surface area (Å²) >= 11 is 0. The van der Waals surface area contributed by atoms with Gasteiger partial charge in [-0.3, -0.25) is 0 Å². The highest BCUT2D eigenvalue weighted by Crippen LogP contribution is 2.41. The predicted molar refractivity (Wildman–Crippen MR) is 45.7 cm³/mol. The third-order valence-corrected chi connectivity index (χ3v) is 2.50. The van der Waals surface area contributed by atoms with Crippen LogP contribution in [-0.4, -0.2) is 0 Å². The van der Waals surface area contributed by atoms with E-state index in [9.17, 15) is 0 Å². The molecule has 0 heterocycles. The Morgan fingerprint density at radius 2 is 2.00 bits per heavy atom. The first-order chi connectivity index (χ1) is 4.84. The van der Waals surface area contributed by atoms with Gasteiger partial charge in [0.05, 0.1) is 0 Å². The maximum absolute atomic E-state index is 4.03. The molecule has 1 rings (SSSR count). The SMILES string of the molecule is [CH2]C1CC1CCCCCC. The maximum atomic E-state index is 4.03. The molecule has 1 fully saturated rings. The van der Waals surface area contributed by atoms with E-state index in [1.165, 1.54) is 38.5 Å². The zero-order valence-electron chi connectivity index (χ0n) is 7.10. The van der Waals surface area contributed by atoms with Crippen LogP contribution in [0.5, 0.6) is 0 Å². The standard InChI is InChI=1S/C10H19/c1-3-4-5-6-7-10-8-9(10)2/h9-10H,2-8H2,1H3.